The molecule has 10 rings (SSSR count). The van der Waals surface area contributed by atoms with Gasteiger partial charge in [0.1, 0.15) is 0 Å². The third-order valence-electron chi connectivity index (χ3n) is 11.2. The molecule has 0 N–H and O–H groups in total. The van der Waals surface area contributed by atoms with Crippen LogP contribution in [0.15, 0.2) is 109 Å². The quantitative estimate of drug-likeness (QED) is 0.180. The minimum Gasteiger partial charge on any atom is -0.238 e. The molecule has 0 amide bonds. The van der Waals surface area contributed by atoms with Crippen molar-refractivity contribution in [1.82, 2.24) is 15.0 Å². The summed E-state index contributed by atoms with van der Waals surface area (Å²) in [4.78, 5) is 21.9. The molecule has 0 radical (unpaired) electrons. The number of benzene rings is 5. The van der Waals surface area contributed by atoms with Crippen molar-refractivity contribution in [2.75, 3.05) is 0 Å². The van der Waals surface area contributed by atoms with Crippen molar-refractivity contribution in [1.29, 1.82) is 0 Å². The van der Waals surface area contributed by atoms with Crippen LogP contribution < -0.4 is 0 Å². The van der Waals surface area contributed by atoms with Gasteiger partial charge in [-0.25, -0.2) is 24.6 Å². The summed E-state index contributed by atoms with van der Waals surface area (Å²) in [5.74, 6) is 4.45. The van der Waals surface area contributed by atoms with E-state index in [4.69, 9.17) is 28.1 Å². The van der Waals surface area contributed by atoms with Crippen LogP contribution in [0.25, 0.3) is 65.8 Å². The van der Waals surface area contributed by atoms with Crippen LogP contribution in [0.1, 0.15) is 44.1 Å². The highest BCUT2D eigenvalue weighted by atomic mass is 15.0. The van der Waals surface area contributed by atoms with Gasteiger partial charge in [-0.1, -0.05) is 109 Å². The minimum atomic E-state index is 0.389. The molecule has 6 aromatic rings. The fourth-order valence-corrected chi connectivity index (χ4v) is 9.35. The van der Waals surface area contributed by atoms with Crippen LogP contribution in [0, 0.1) is 30.9 Å². The number of rotatable bonds is 5. The Kier molecular flexibility index (Phi) is 6.70. The lowest BCUT2D eigenvalue weighted by Crippen LogP contribution is -2.48. The van der Waals surface area contributed by atoms with Gasteiger partial charge in [-0.15, -0.1) is 0 Å². The standard InChI is InChI=1S/C43H33N5/c1-44-34-17-11-31(12-18-34)40-46-41(32-13-19-35(45-2)20-14-32)48-42(47-40)39-8-4-6-37-36(5-3-7-38(37)39)30-9-15-33(16-10-30)43-24-27-21-28(25-43)23-29(22-27)26-43/h3-20,27-29H,21-26H2. The molecule has 48 heavy (non-hydrogen) atoms. The maximum absolute atomic E-state index is 7.36. The van der Waals surface area contributed by atoms with E-state index in [0.717, 1.165) is 45.2 Å². The van der Waals surface area contributed by atoms with Crippen molar-refractivity contribution in [3.05, 3.63) is 138 Å². The zero-order valence-electron chi connectivity index (χ0n) is 26.6. The monoisotopic (exact) mass is 619 g/mol. The van der Waals surface area contributed by atoms with Crippen molar-refractivity contribution in [2.24, 2.45) is 17.8 Å². The molecule has 5 nitrogen and oxygen atoms in total. The SMILES string of the molecule is [C-]#[N+]c1ccc(-c2nc(-c3ccc([N+]#[C-])cc3)nc(-c3cccc4c(-c5ccc(C67CC8CC(CC(C8)C6)C7)cc5)cccc34)n2)cc1. The van der Waals surface area contributed by atoms with E-state index in [1.165, 1.54) is 49.7 Å². The van der Waals surface area contributed by atoms with Gasteiger partial charge in [0, 0.05) is 16.7 Å². The van der Waals surface area contributed by atoms with Crippen LogP contribution in [0.5, 0.6) is 0 Å². The summed E-state index contributed by atoms with van der Waals surface area (Å²) in [6.45, 7) is 14.7. The Balaban J connectivity index is 1.13. The van der Waals surface area contributed by atoms with Gasteiger partial charge in [-0.2, -0.15) is 0 Å². The fourth-order valence-electron chi connectivity index (χ4n) is 9.35. The van der Waals surface area contributed by atoms with Gasteiger partial charge in [0.05, 0.1) is 13.1 Å². The predicted molar refractivity (Wildman–Crippen MR) is 191 cm³/mol. The molecule has 5 aromatic carbocycles. The average molecular weight is 620 g/mol. The molecule has 4 bridgehead atoms. The van der Waals surface area contributed by atoms with Crippen LogP contribution in [-0.4, -0.2) is 15.0 Å². The number of fused-ring (bicyclic) bond motifs is 1. The first-order valence-corrected chi connectivity index (χ1v) is 16.9. The topological polar surface area (TPSA) is 47.4 Å². The first-order chi connectivity index (χ1) is 23.6. The molecule has 0 aliphatic heterocycles. The highest BCUT2D eigenvalue weighted by Crippen LogP contribution is 2.60. The lowest BCUT2D eigenvalue weighted by atomic mass is 9.48. The molecule has 4 aliphatic rings. The van der Waals surface area contributed by atoms with Crippen LogP contribution in [0.3, 0.4) is 0 Å². The normalized spacial score (nSPS) is 22.3. The summed E-state index contributed by atoms with van der Waals surface area (Å²) < 4.78 is 0. The summed E-state index contributed by atoms with van der Waals surface area (Å²) >= 11 is 0. The molecular weight excluding hydrogens is 587 g/mol. The second-order valence-electron chi connectivity index (χ2n) is 14.1. The molecule has 0 spiro atoms. The fraction of sp³-hybridized carbons (Fsp3) is 0.233. The van der Waals surface area contributed by atoms with Crippen molar-refractivity contribution in [2.45, 2.75) is 43.9 Å². The maximum Gasteiger partial charge on any atom is 0.187 e. The Hall–Kier alpha value is -5.65. The maximum atomic E-state index is 7.36. The van der Waals surface area contributed by atoms with Crippen LogP contribution in [-0.2, 0) is 5.41 Å². The summed E-state index contributed by atoms with van der Waals surface area (Å²) in [5, 5.41) is 2.24. The average Bonchev–Trinajstić information content (AvgIpc) is 3.14. The van der Waals surface area contributed by atoms with Gasteiger partial charge in [0.25, 0.3) is 0 Å². The third-order valence-corrected chi connectivity index (χ3v) is 11.2. The second-order valence-corrected chi connectivity index (χ2v) is 14.1. The largest absolute Gasteiger partial charge is 0.238 e. The predicted octanol–water partition coefficient (Wildman–Crippen LogP) is 11.3. The van der Waals surface area contributed by atoms with Crippen molar-refractivity contribution in [3.8, 4) is 45.3 Å². The minimum absolute atomic E-state index is 0.389. The van der Waals surface area contributed by atoms with E-state index in [9.17, 15) is 0 Å². The van der Waals surface area contributed by atoms with Gasteiger partial charge < -0.3 is 0 Å². The van der Waals surface area contributed by atoms with Crippen molar-refractivity contribution < 1.29 is 0 Å². The molecule has 230 valence electrons. The van der Waals surface area contributed by atoms with E-state index in [1.807, 2.05) is 24.3 Å². The lowest BCUT2D eigenvalue weighted by molar-refractivity contribution is -0.00518. The van der Waals surface area contributed by atoms with Gasteiger partial charge >= 0.3 is 0 Å². The Labute approximate surface area is 281 Å². The zero-order chi connectivity index (χ0) is 32.2. The molecule has 4 aliphatic carbocycles. The summed E-state index contributed by atoms with van der Waals surface area (Å²) in [6.07, 6.45) is 8.51. The van der Waals surface area contributed by atoms with Gasteiger partial charge in [0.2, 0.25) is 0 Å². The molecule has 1 aromatic heterocycles. The highest BCUT2D eigenvalue weighted by Gasteiger charge is 2.51. The molecular formula is C43H33N5. The van der Waals surface area contributed by atoms with E-state index in [2.05, 4.69) is 70.4 Å². The van der Waals surface area contributed by atoms with Gasteiger partial charge in [0.15, 0.2) is 28.8 Å². The second kappa shape index (κ2) is 11.3. The van der Waals surface area contributed by atoms with Crippen LogP contribution in [0.2, 0.25) is 0 Å². The van der Waals surface area contributed by atoms with E-state index < -0.39 is 0 Å². The van der Waals surface area contributed by atoms with Crippen LogP contribution >= 0.6 is 0 Å². The molecule has 4 saturated carbocycles. The number of nitrogens with zero attached hydrogens (tertiary/aromatic N) is 5. The number of hydrogen-bond donors (Lipinski definition) is 0. The van der Waals surface area contributed by atoms with E-state index in [1.54, 1.807) is 29.8 Å². The molecule has 0 saturated heterocycles. The van der Waals surface area contributed by atoms with Gasteiger partial charge in [-0.3, -0.25) is 0 Å². The molecule has 4 fully saturated rings. The molecule has 0 unspecified atom stereocenters. The molecule has 1 heterocycles. The van der Waals surface area contributed by atoms with Gasteiger partial charge in [-0.05, 0) is 89.2 Å². The smallest absolute Gasteiger partial charge is 0.187 e. The number of hydrogen-bond acceptors (Lipinski definition) is 3. The van der Waals surface area contributed by atoms with E-state index >= 15 is 0 Å². The Morgan fingerprint density at radius 3 is 1.42 bits per heavy atom. The Morgan fingerprint density at radius 1 is 0.479 bits per heavy atom. The van der Waals surface area contributed by atoms with E-state index in [-0.39, 0.29) is 0 Å². The van der Waals surface area contributed by atoms with Crippen molar-refractivity contribution in [3.63, 3.8) is 0 Å². The Bertz CT molecular complexity index is 2160. The summed E-state index contributed by atoms with van der Waals surface area (Å²) in [7, 11) is 0. The summed E-state index contributed by atoms with van der Waals surface area (Å²) in [6, 6.07) is 37.1. The highest BCUT2D eigenvalue weighted by molar-refractivity contribution is 6.03. The van der Waals surface area contributed by atoms with Crippen molar-refractivity contribution >= 4 is 22.1 Å². The first kappa shape index (κ1) is 28.6. The Morgan fingerprint density at radius 2 is 0.917 bits per heavy atom. The third kappa shape index (κ3) is 4.86. The first-order valence-electron chi connectivity index (χ1n) is 16.9. The van der Waals surface area contributed by atoms with E-state index in [0.29, 0.717) is 34.3 Å². The summed E-state index contributed by atoms with van der Waals surface area (Å²) in [5.41, 5.74) is 8.04. The lowest BCUT2D eigenvalue weighted by Gasteiger charge is -2.57. The van der Waals surface area contributed by atoms with Crippen LogP contribution in [0.4, 0.5) is 11.4 Å². The molecule has 0 atom stereocenters. The number of aromatic nitrogens is 3. The zero-order valence-corrected chi connectivity index (χ0v) is 26.6. The molecule has 5 heteroatoms.